The number of hydrogen-bond donors (Lipinski definition) is 0. The molecule has 0 saturated heterocycles. The number of aryl methyl sites for hydroxylation is 1. The molecule has 0 saturated carbocycles. The Labute approximate surface area is 201 Å². The maximum atomic E-state index is 12.5. The van der Waals surface area contributed by atoms with Gasteiger partial charge >= 0.3 is 5.51 Å². The van der Waals surface area contributed by atoms with Gasteiger partial charge in [-0.05, 0) is 67.1 Å². The fourth-order valence-corrected chi connectivity index (χ4v) is 4.17. The van der Waals surface area contributed by atoms with Gasteiger partial charge in [0.1, 0.15) is 0 Å². The highest BCUT2D eigenvalue weighted by Crippen LogP contribution is 2.28. The van der Waals surface area contributed by atoms with Crippen molar-refractivity contribution in [3.8, 4) is 0 Å². The van der Waals surface area contributed by atoms with Crippen molar-refractivity contribution >= 4 is 47.8 Å². The van der Waals surface area contributed by atoms with E-state index in [0.29, 0.717) is 26.4 Å². The monoisotopic (exact) mass is 512 g/mol. The third kappa shape index (κ3) is 8.33. The summed E-state index contributed by atoms with van der Waals surface area (Å²) in [6.07, 6.45) is 3.05. The molecule has 176 valence electrons. The van der Waals surface area contributed by atoms with Gasteiger partial charge in [0.15, 0.2) is 10.8 Å². The molecule has 9 heteroatoms. The SMILES string of the molecule is C=C(N=C(PC)C1=NCC(C)=C1)c1ccc(S(=O)C(F)(F)F)cc1.CCc1ccc(Cl)cc1. The fourth-order valence-electron chi connectivity index (χ4n) is 2.74. The molecule has 1 heterocycles. The summed E-state index contributed by atoms with van der Waals surface area (Å²) in [5.74, 6) is 0. The number of alkyl halides is 3. The molecule has 0 spiro atoms. The second kappa shape index (κ2) is 12.4. The van der Waals surface area contributed by atoms with Crippen molar-refractivity contribution in [1.29, 1.82) is 0 Å². The van der Waals surface area contributed by atoms with E-state index < -0.39 is 16.3 Å². The maximum absolute atomic E-state index is 12.5. The number of hydrogen-bond acceptors (Lipinski definition) is 3. The fraction of sp³-hybridized carbons (Fsp3) is 0.250. The molecule has 1 aliphatic heterocycles. The lowest BCUT2D eigenvalue weighted by atomic mass is 10.2. The molecule has 2 aromatic carbocycles. The van der Waals surface area contributed by atoms with E-state index in [1.807, 2.05) is 43.9 Å². The van der Waals surface area contributed by atoms with Crippen molar-refractivity contribution in [2.75, 3.05) is 13.2 Å². The molecule has 0 fully saturated rings. The average Bonchev–Trinajstić information content (AvgIpc) is 3.23. The second-order valence-electron chi connectivity index (χ2n) is 7.07. The minimum absolute atomic E-state index is 0.292. The van der Waals surface area contributed by atoms with Crippen molar-refractivity contribution in [1.82, 2.24) is 0 Å². The molecule has 0 N–H and O–H groups in total. The van der Waals surface area contributed by atoms with Crippen LogP contribution in [0.1, 0.15) is 25.0 Å². The Kier molecular flexibility index (Phi) is 10.2. The molecule has 33 heavy (non-hydrogen) atoms. The molecule has 0 aliphatic carbocycles. The first kappa shape index (κ1) is 27.2. The van der Waals surface area contributed by atoms with Crippen LogP contribution in [0.3, 0.4) is 0 Å². The number of nitrogens with zero attached hydrogens (tertiary/aromatic N) is 2. The summed E-state index contributed by atoms with van der Waals surface area (Å²) in [6, 6.07) is 13.2. The molecule has 1 aliphatic rings. The first-order valence-corrected chi connectivity index (χ1v) is 13.1. The Morgan fingerprint density at radius 2 is 1.79 bits per heavy atom. The lowest BCUT2D eigenvalue weighted by Gasteiger charge is -2.08. The van der Waals surface area contributed by atoms with E-state index in [1.165, 1.54) is 29.8 Å². The van der Waals surface area contributed by atoms with E-state index in [9.17, 15) is 17.4 Å². The van der Waals surface area contributed by atoms with Gasteiger partial charge in [-0.15, -0.1) is 0 Å². The van der Waals surface area contributed by atoms with Crippen LogP contribution in [-0.2, 0) is 17.2 Å². The van der Waals surface area contributed by atoms with Crippen LogP contribution in [0.4, 0.5) is 13.2 Å². The van der Waals surface area contributed by atoms with Crippen LogP contribution in [0.25, 0.3) is 5.70 Å². The van der Waals surface area contributed by atoms with E-state index in [4.69, 9.17) is 11.6 Å². The molecule has 0 aromatic heterocycles. The Morgan fingerprint density at radius 3 is 2.24 bits per heavy atom. The highest BCUT2D eigenvalue weighted by Gasteiger charge is 2.37. The molecule has 2 unspecified atom stereocenters. The van der Waals surface area contributed by atoms with E-state index in [2.05, 4.69) is 23.5 Å². The third-order valence-electron chi connectivity index (χ3n) is 4.54. The lowest BCUT2D eigenvalue weighted by Crippen LogP contribution is -2.16. The highest BCUT2D eigenvalue weighted by molar-refractivity contribution is 7.86. The molecule has 2 atom stereocenters. The van der Waals surface area contributed by atoms with E-state index in [0.717, 1.165) is 28.2 Å². The summed E-state index contributed by atoms with van der Waals surface area (Å²) >= 11 is 5.67. The summed E-state index contributed by atoms with van der Waals surface area (Å²) in [4.78, 5) is 8.57. The van der Waals surface area contributed by atoms with Crippen molar-refractivity contribution < 1.29 is 17.4 Å². The molecule has 2 aromatic rings. The molecule has 0 bridgehead atoms. The van der Waals surface area contributed by atoms with Crippen LogP contribution in [-0.4, -0.2) is 34.1 Å². The summed E-state index contributed by atoms with van der Waals surface area (Å²) < 4.78 is 48.7. The Hall–Kier alpha value is -2.08. The minimum atomic E-state index is -4.77. The van der Waals surface area contributed by atoms with Crippen LogP contribution in [0.5, 0.6) is 0 Å². The van der Waals surface area contributed by atoms with E-state index in [1.54, 1.807) is 0 Å². The molecule has 3 nitrogen and oxygen atoms in total. The van der Waals surface area contributed by atoms with Gasteiger partial charge in [-0.25, -0.2) is 9.20 Å². The van der Waals surface area contributed by atoms with Gasteiger partial charge in [-0.3, -0.25) is 4.99 Å². The van der Waals surface area contributed by atoms with Crippen LogP contribution >= 0.6 is 20.2 Å². The Morgan fingerprint density at radius 1 is 1.18 bits per heavy atom. The van der Waals surface area contributed by atoms with Gasteiger partial charge in [-0.1, -0.05) is 57.9 Å². The third-order valence-corrected chi connectivity index (χ3v) is 6.76. The van der Waals surface area contributed by atoms with Crippen molar-refractivity contribution in [3.05, 3.63) is 82.9 Å². The molecule has 0 amide bonds. The predicted molar refractivity (Wildman–Crippen MR) is 137 cm³/mol. The van der Waals surface area contributed by atoms with Crippen molar-refractivity contribution in [2.45, 2.75) is 30.7 Å². The summed E-state index contributed by atoms with van der Waals surface area (Å²) in [5.41, 5.74) is 0.360. The first-order chi connectivity index (χ1) is 15.5. The number of benzene rings is 2. The predicted octanol–water partition coefficient (Wildman–Crippen LogP) is 7.29. The molecular weight excluding hydrogens is 488 g/mol. The lowest BCUT2D eigenvalue weighted by molar-refractivity contribution is -0.0384. The Bertz CT molecular complexity index is 1090. The van der Waals surface area contributed by atoms with Gasteiger partial charge < -0.3 is 0 Å². The maximum Gasteiger partial charge on any atom is 0.475 e. The molecule has 0 radical (unpaired) electrons. The van der Waals surface area contributed by atoms with Gasteiger partial charge in [0.05, 0.1) is 23.4 Å². The van der Waals surface area contributed by atoms with Gasteiger partial charge in [-0.2, -0.15) is 13.2 Å². The first-order valence-electron chi connectivity index (χ1n) is 10.1. The second-order valence-corrected chi connectivity index (χ2v) is 9.95. The molecule has 3 rings (SSSR count). The zero-order chi connectivity index (χ0) is 24.6. The van der Waals surface area contributed by atoms with Crippen LogP contribution in [0, 0.1) is 0 Å². The molecular formula is C24H25ClF3N2OPS. The quantitative estimate of drug-likeness (QED) is 0.296. The van der Waals surface area contributed by atoms with Gasteiger partial charge in [0.25, 0.3) is 0 Å². The zero-order valence-electron chi connectivity index (χ0n) is 18.5. The van der Waals surface area contributed by atoms with Crippen LogP contribution in [0.15, 0.2) is 81.6 Å². The smallest absolute Gasteiger partial charge is 0.279 e. The number of rotatable bonds is 6. The van der Waals surface area contributed by atoms with Crippen LogP contribution < -0.4 is 0 Å². The number of allylic oxidation sites excluding steroid dienone is 1. The minimum Gasteiger partial charge on any atom is -0.279 e. The van der Waals surface area contributed by atoms with Crippen LogP contribution in [0.2, 0.25) is 5.02 Å². The normalized spacial score (nSPS) is 15.1. The summed E-state index contributed by atoms with van der Waals surface area (Å²) in [7, 11) is -2.62. The number of aliphatic imine (C=N–C) groups is 2. The Balaban J connectivity index is 0.000000357. The standard InChI is InChI=1S/C16H16F3N2OPS.C8H9Cl/c1-10-8-14(20-9-10)15(23-3)21-11(2)12-4-6-13(7-5-12)24(22)16(17,18)19;1-2-7-3-5-8(9)6-4-7/h4-8,23H,2,9H2,1,3H3;3-6H,2H2,1H3. The van der Waals surface area contributed by atoms with Crippen molar-refractivity contribution in [3.63, 3.8) is 0 Å². The van der Waals surface area contributed by atoms with Gasteiger partial charge in [0, 0.05) is 9.92 Å². The van der Waals surface area contributed by atoms with E-state index in [-0.39, 0.29) is 4.90 Å². The summed E-state index contributed by atoms with van der Waals surface area (Å²) in [5, 5.41) is 0.812. The zero-order valence-corrected chi connectivity index (χ0v) is 21.1. The van der Waals surface area contributed by atoms with Gasteiger partial charge in [0.2, 0.25) is 0 Å². The van der Waals surface area contributed by atoms with E-state index >= 15 is 0 Å². The number of halogens is 4. The topological polar surface area (TPSA) is 41.8 Å². The summed E-state index contributed by atoms with van der Waals surface area (Å²) in [6.45, 7) is 10.6. The largest absolute Gasteiger partial charge is 0.475 e. The highest BCUT2D eigenvalue weighted by atomic mass is 35.5. The average molecular weight is 513 g/mol. The van der Waals surface area contributed by atoms with Crippen molar-refractivity contribution in [2.24, 2.45) is 9.98 Å².